The van der Waals surface area contributed by atoms with Crippen molar-refractivity contribution in [3.63, 3.8) is 0 Å². The summed E-state index contributed by atoms with van der Waals surface area (Å²) in [5.74, 6) is 0.426. The van der Waals surface area contributed by atoms with Crippen molar-refractivity contribution in [2.45, 2.75) is 0 Å². The third kappa shape index (κ3) is 1.24. The van der Waals surface area contributed by atoms with Crippen molar-refractivity contribution >= 4 is 33.0 Å². The molecular weight excluding hydrogens is 208 g/mol. The van der Waals surface area contributed by atoms with E-state index in [0.29, 0.717) is 10.8 Å². The van der Waals surface area contributed by atoms with Gasteiger partial charge >= 0.3 is 0 Å². The van der Waals surface area contributed by atoms with E-state index in [1.807, 2.05) is 11.4 Å². The van der Waals surface area contributed by atoms with E-state index in [1.54, 1.807) is 6.07 Å². The topological polar surface area (TPSA) is 29.5 Å². The number of hydrogen-bond donors (Lipinski definition) is 1. The van der Waals surface area contributed by atoms with Gasteiger partial charge in [0.15, 0.2) is 11.5 Å². The van der Waals surface area contributed by atoms with Gasteiger partial charge in [-0.3, -0.25) is 0 Å². The minimum atomic E-state index is 0.0131. The number of fused-ring (bicyclic) bond motifs is 1. The van der Waals surface area contributed by atoms with Crippen LogP contribution in [0.5, 0.6) is 11.5 Å². The van der Waals surface area contributed by atoms with Crippen molar-refractivity contribution in [1.29, 1.82) is 0 Å². The fraction of sp³-hybridized carbons (Fsp3) is 0.111. The molecule has 0 saturated heterocycles. The van der Waals surface area contributed by atoms with Gasteiger partial charge in [0.25, 0.3) is 0 Å². The lowest BCUT2D eigenvalue weighted by Crippen LogP contribution is -1.83. The van der Waals surface area contributed by atoms with Gasteiger partial charge in [-0.25, -0.2) is 0 Å². The summed E-state index contributed by atoms with van der Waals surface area (Å²) >= 11 is 7.43. The van der Waals surface area contributed by atoms with Crippen LogP contribution in [0.4, 0.5) is 0 Å². The monoisotopic (exact) mass is 214 g/mol. The van der Waals surface area contributed by atoms with E-state index in [9.17, 15) is 5.11 Å². The van der Waals surface area contributed by atoms with E-state index in [1.165, 1.54) is 18.4 Å². The fourth-order valence-electron chi connectivity index (χ4n) is 1.19. The normalized spacial score (nSPS) is 10.6. The van der Waals surface area contributed by atoms with Gasteiger partial charge in [-0.15, -0.1) is 11.3 Å². The Kier molecular flexibility index (Phi) is 2.06. The van der Waals surface area contributed by atoms with Gasteiger partial charge in [-0.05, 0) is 22.9 Å². The molecule has 1 N–H and O–H groups in total. The molecule has 0 atom stereocenters. The highest BCUT2D eigenvalue weighted by Crippen LogP contribution is 2.42. The van der Waals surface area contributed by atoms with E-state index >= 15 is 0 Å². The predicted molar refractivity (Wildman–Crippen MR) is 55.1 cm³/mol. The summed E-state index contributed by atoms with van der Waals surface area (Å²) in [5.41, 5.74) is 0. The highest BCUT2D eigenvalue weighted by Gasteiger charge is 2.11. The molecule has 1 aromatic heterocycles. The zero-order valence-corrected chi connectivity index (χ0v) is 8.45. The summed E-state index contributed by atoms with van der Waals surface area (Å²) < 4.78 is 5.86. The Labute approximate surface area is 84.3 Å². The maximum atomic E-state index is 9.56. The molecular formula is C9H7ClO2S. The molecule has 0 unspecified atom stereocenters. The quantitative estimate of drug-likeness (QED) is 0.790. The van der Waals surface area contributed by atoms with Crippen LogP contribution in [0.1, 0.15) is 0 Å². The number of halogens is 1. The molecule has 68 valence electrons. The van der Waals surface area contributed by atoms with Crippen LogP contribution in [0.15, 0.2) is 17.5 Å². The van der Waals surface area contributed by atoms with E-state index in [2.05, 4.69) is 0 Å². The van der Waals surface area contributed by atoms with E-state index in [0.717, 1.165) is 10.1 Å². The zero-order chi connectivity index (χ0) is 9.42. The lowest BCUT2D eigenvalue weighted by atomic mass is 10.2. The molecule has 0 aliphatic rings. The van der Waals surface area contributed by atoms with Crippen molar-refractivity contribution in [2.24, 2.45) is 0 Å². The van der Waals surface area contributed by atoms with Crippen LogP contribution in [-0.2, 0) is 0 Å². The first-order chi connectivity index (χ1) is 6.24. The Morgan fingerprint density at radius 1 is 1.54 bits per heavy atom. The minimum Gasteiger partial charge on any atom is -0.503 e. The van der Waals surface area contributed by atoms with Gasteiger partial charge in [-0.1, -0.05) is 11.6 Å². The van der Waals surface area contributed by atoms with Crippen LogP contribution in [0, 0.1) is 0 Å². The zero-order valence-electron chi connectivity index (χ0n) is 6.87. The molecule has 2 rings (SSSR count). The first kappa shape index (κ1) is 8.66. The number of phenolic OH excluding ortho intramolecular Hbond substituents is 1. The van der Waals surface area contributed by atoms with Crippen LogP contribution in [0.3, 0.4) is 0 Å². The molecule has 0 aliphatic carbocycles. The molecule has 0 bridgehead atoms. The Hall–Kier alpha value is -0.930. The largest absolute Gasteiger partial charge is 0.503 e. The number of phenols is 1. The molecule has 1 aromatic carbocycles. The Balaban J connectivity index is 2.83. The number of hydrogen-bond acceptors (Lipinski definition) is 3. The van der Waals surface area contributed by atoms with Gasteiger partial charge < -0.3 is 9.84 Å². The summed E-state index contributed by atoms with van der Waals surface area (Å²) in [6.45, 7) is 0. The third-order valence-corrected chi connectivity index (χ3v) is 3.27. The smallest absolute Gasteiger partial charge is 0.178 e. The average Bonchev–Trinajstić information content (AvgIpc) is 2.59. The second kappa shape index (κ2) is 3.09. The van der Waals surface area contributed by atoms with Crippen LogP contribution >= 0.6 is 22.9 Å². The van der Waals surface area contributed by atoms with Gasteiger partial charge in [0.05, 0.1) is 11.8 Å². The van der Waals surface area contributed by atoms with E-state index < -0.39 is 0 Å². The number of benzene rings is 1. The molecule has 2 nitrogen and oxygen atoms in total. The molecule has 0 saturated carbocycles. The van der Waals surface area contributed by atoms with Gasteiger partial charge in [0.2, 0.25) is 0 Å². The molecule has 0 radical (unpaired) electrons. The Morgan fingerprint density at radius 2 is 2.31 bits per heavy atom. The second-order valence-electron chi connectivity index (χ2n) is 2.58. The predicted octanol–water partition coefficient (Wildman–Crippen LogP) is 3.27. The first-order valence-corrected chi connectivity index (χ1v) is 4.92. The lowest BCUT2D eigenvalue weighted by Gasteiger charge is -2.05. The maximum absolute atomic E-state index is 9.56. The number of rotatable bonds is 1. The number of methoxy groups -OCH3 is 1. The highest BCUT2D eigenvalue weighted by molar-refractivity contribution is 7.17. The summed E-state index contributed by atoms with van der Waals surface area (Å²) in [6, 6.07) is 3.71. The SMILES string of the molecule is COc1cc2ccsc2c(Cl)c1O. The van der Waals surface area contributed by atoms with Crippen LogP contribution in [0.25, 0.3) is 10.1 Å². The van der Waals surface area contributed by atoms with E-state index in [4.69, 9.17) is 16.3 Å². The standard InChI is InChI=1S/C9H7ClO2S/c1-12-6-4-5-2-3-13-9(5)7(10)8(6)11/h2-4,11H,1H3. The minimum absolute atomic E-state index is 0.0131. The molecule has 0 amide bonds. The fourth-order valence-corrected chi connectivity index (χ4v) is 2.34. The molecule has 2 aromatic rings. The van der Waals surface area contributed by atoms with Crippen molar-refractivity contribution in [1.82, 2.24) is 0 Å². The van der Waals surface area contributed by atoms with Gasteiger partial charge in [0, 0.05) is 0 Å². The summed E-state index contributed by atoms with van der Waals surface area (Å²) in [4.78, 5) is 0. The second-order valence-corrected chi connectivity index (χ2v) is 3.87. The summed E-state index contributed by atoms with van der Waals surface area (Å²) in [5, 5.41) is 12.8. The maximum Gasteiger partial charge on any atom is 0.178 e. The van der Waals surface area contributed by atoms with Crippen LogP contribution in [-0.4, -0.2) is 12.2 Å². The van der Waals surface area contributed by atoms with Crippen molar-refractivity contribution in [3.8, 4) is 11.5 Å². The van der Waals surface area contributed by atoms with E-state index in [-0.39, 0.29) is 5.75 Å². The van der Waals surface area contributed by atoms with Crippen molar-refractivity contribution in [3.05, 3.63) is 22.5 Å². The average molecular weight is 215 g/mol. The van der Waals surface area contributed by atoms with Gasteiger partial charge in [0.1, 0.15) is 5.02 Å². The first-order valence-electron chi connectivity index (χ1n) is 3.66. The molecule has 1 heterocycles. The Morgan fingerprint density at radius 3 is 3.00 bits per heavy atom. The molecule has 0 aliphatic heterocycles. The summed E-state index contributed by atoms with van der Waals surface area (Å²) in [6.07, 6.45) is 0. The third-order valence-electron chi connectivity index (χ3n) is 1.84. The van der Waals surface area contributed by atoms with Crippen molar-refractivity contribution < 1.29 is 9.84 Å². The van der Waals surface area contributed by atoms with Crippen molar-refractivity contribution in [2.75, 3.05) is 7.11 Å². The number of thiophene rings is 1. The highest BCUT2D eigenvalue weighted by atomic mass is 35.5. The molecule has 4 heteroatoms. The lowest BCUT2D eigenvalue weighted by molar-refractivity contribution is 0.374. The number of aromatic hydroxyl groups is 1. The van der Waals surface area contributed by atoms with Crippen LogP contribution in [0.2, 0.25) is 5.02 Å². The molecule has 0 fully saturated rings. The van der Waals surface area contributed by atoms with Crippen LogP contribution < -0.4 is 4.74 Å². The number of ether oxygens (including phenoxy) is 1. The molecule has 13 heavy (non-hydrogen) atoms. The Bertz CT molecular complexity index is 450. The van der Waals surface area contributed by atoms with Gasteiger partial charge in [-0.2, -0.15) is 0 Å². The summed E-state index contributed by atoms with van der Waals surface area (Å²) in [7, 11) is 1.50. The molecule has 0 spiro atoms.